The highest BCUT2D eigenvalue weighted by Crippen LogP contribution is 2.31. The van der Waals surface area contributed by atoms with E-state index >= 15 is 0 Å². The van der Waals surface area contributed by atoms with Crippen LogP contribution in [-0.2, 0) is 4.79 Å². The van der Waals surface area contributed by atoms with Crippen LogP contribution in [0.2, 0.25) is 5.02 Å². The van der Waals surface area contributed by atoms with Crippen molar-refractivity contribution in [3.63, 3.8) is 0 Å². The summed E-state index contributed by atoms with van der Waals surface area (Å²) in [5, 5.41) is 3.58. The third kappa shape index (κ3) is 6.02. The molecule has 1 saturated heterocycles. The van der Waals surface area contributed by atoms with Crippen molar-refractivity contribution in [2.24, 2.45) is 0 Å². The summed E-state index contributed by atoms with van der Waals surface area (Å²) in [7, 11) is 1.56. The largest absolute Gasteiger partial charge is 0.495 e. The van der Waals surface area contributed by atoms with Crippen LogP contribution in [-0.4, -0.2) is 60.9 Å². The summed E-state index contributed by atoms with van der Waals surface area (Å²) >= 11 is 6.17. The van der Waals surface area contributed by atoms with Crippen LogP contribution in [0, 0.1) is 6.92 Å². The van der Waals surface area contributed by atoms with Gasteiger partial charge in [0.25, 0.3) is 5.91 Å². The summed E-state index contributed by atoms with van der Waals surface area (Å²) in [6.45, 7) is 6.54. The van der Waals surface area contributed by atoms with Gasteiger partial charge < -0.3 is 15.0 Å². The highest BCUT2D eigenvalue weighted by molar-refractivity contribution is 6.31. The first-order chi connectivity index (χ1) is 15.4. The molecule has 1 aliphatic heterocycles. The molecule has 172 valence electrons. The first-order valence-electron chi connectivity index (χ1n) is 11.1. The molecule has 0 atom stereocenters. The van der Waals surface area contributed by atoms with Gasteiger partial charge in [0.15, 0.2) is 0 Å². The monoisotopic (exact) mass is 457 g/mol. The second-order valence-electron chi connectivity index (χ2n) is 8.21. The Balaban J connectivity index is 1.60. The molecule has 2 amide bonds. The molecule has 1 aliphatic rings. The summed E-state index contributed by atoms with van der Waals surface area (Å²) in [4.78, 5) is 29.7. The molecule has 0 saturated carbocycles. The van der Waals surface area contributed by atoms with Gasteiger partial charge in [-0.1, -0.05) is 36.7 Å². The van der Waals surface area contributed by atoms with Gasteiger partial charge in [0.1, 0.15) is 5.75 Å². The molecule has 0 aliphatic carbocycles. The zero-order chi connectivity index (χ0) is 23.1. The van der Waals surface area contributed by atoms with Gasteiger partial charge in [0.2, 0.25) is 5.91 Å². The van der Waals surface area contributed by atoms with Gasteiger partial charge in [0.05, 0.1) is 19.3 Å². The Morgan fingerprint density at radius 1 is 1.19 bits per heavy atom. The molecular formula is C25H32ClN3O3. The number of nitrogens with one attached hydrogen (secondary N) is 1. The number of halogens is 1. The van der Waals surface area contributed by atoms with Crippen molar-refractivity contribution < 1.29 is 14.3 Å². The van der Waals surface area contributed by atoms with Crippen LogP contribution in [0.15, 0.2) is 42.5 Å². The third-order valence-electron chi connectivity index (χ3n) is 5.90. The van der Waals surface area contributed by atoms with Gasteiger partial charge >= 0.3 is 0 Å². The number of hydrogen-bond acceptors (Lipinski definition) is 4. The van der Waals surface area contributed by atoms with Gasteiger partial charge in [-0.05, 0) is 56.5 Å². The van der Waals surface area contributed by atoms with Crippen molar-refractivity contribution in [2.45, 2.75) is 39.2 Å². The zero-order valence-corrected chi connectivity index (χ0v) is 19.8. The zero-order valence-electron chi connectivity index (χ0n) is 19.1. The molecule has 6 nitrogen and oxygen atoms in total. The molecule has 32 heavy (non-hydrogen) atoms. The Morgan fingerprint density at radius 2 is 1.88 bits per heavy atom. The van der Waals surface area contributed by atoms with E-state index in [1.165, 1.54) is 0 Å². The van der Waals surface area contributed by atoms with E-state index < -0.39 is 0 Å². The van der Waals surface area contributed by atoms with Crippen molar-refractivity contribution >= 4 is 29.1 Å². The van der Waals surface area contributed by atoms with E-state index in [9.17, 15) is 9.59 Å². The van der Waals surface area contributed by atoms with E-state index in [-0.39, 0.29) is 17.9 Å². The van der Waals surface area contributed by atoms with Crippen molar-refractivity contribution in [3.05, 3.63) is 58.6 Å². The number of methoxy groups -OCH3 is 1. The van der Waals surface area contributed by atoms with Crippen LogP contribution in [0.1, 0.15) is 42.1 Å². The summed E-state index contributed by atoms with van der Waals surface area (Å²) < 4.78 is 5.37. The second-order valence-corrected chi connectivity index (χ2v) is 8.62. The number of rotatable bonds is 8. The Morgan fingerprint density at radius 3 is 2.50 bits per heavy atom. The average molecular weight is 458 g/mol. The van der Waals surface area contributed by atoms with Gasteiger partial charge in [-0.2, -0.15) is 0 Å². The maximum Gasteiger partial charge on any atom is 0.253 e. The van der Waals surface area contributed by atoms with Crippen LogP contribution >= 0.6 is 11.6 Å². The van der Waals surface area contributed by atoms with Crippen LogP contribution in [0.3, 0.4) is 0 Å². The van der Waals surface area contributed by atoms with Crippen LogP contribution < -0.4 is 10.1 Å². The molecule has 1 N–H and O–H groups in total. The molecule has 1 heterocycles. The smallest absolute Gasteiger partial charge is 0.253 e. The second kappa shape index (κ2) is 11.3. The summed E-state index contributed by atoms with van der Waals surface area (Å²) in [5.41, 5.74) is 2.23. The van der Waals surface area contributed by atoms with E-state index in [1.54, 1.807) is 13.2 Å². The lowest BCUT2D eigenvalue weighted by Crippen LogP contribution is -2.49. The highest BCUT2D eigenvalue weighted by atomic mass is 35.5. The van der Waals surface area contributed by atoms with Crippen LogP contribution in [0.25, 0.3) is 0 Å². The minimum atomic E-state index is -0.0822. The van der Waals surface area contributed by atoms with Crippen molar-refractivity contribution in [1.82, 2.24) is 9.80 Å². The first kappa shape index (κ1) is 24.1. The molecule has 0 radical (unpaired) electrons. The number of carbonyl (C=O) groups is 2. The normalized spacial score (nSPS) is 14.5. The van der Waals surface area contributed by atoms with Crippen LogP contribution in [0.5, 0.6) is 5.75 Å². The Labute approximate surface area is 195 Å². The number of likely N-dealkylation sites (tertiary alicyclic amines) is 1. The number of aryl methyl sites for hydroxylation is 1. The Hall–Kier alpha value is -2.57. The molecule has 2 aromatic carbocycles. The highest BCUT2D eigenvalue weighted by Gasteiger charge is 2.28. The lowest BCUT2D eigenvalue weighted by atomic mass is 10.0. The number of ether oxygens (including phenoxy) is 1. The molecule has 0 unspecified atom stereocenters. The number of nitrogens with zero attached hydrogens (tertiary/aromatic N) is 2. The van der Waals surface area contributed by atoms with E-state index in [2.05, 4.69) is 17.1 Å². The molecule has 0 aromatic heterocycles. The first-order valence-corrected chi connectivity index (χ1v) is 11.5. The minimum absolute atomic E-state index is 0.0778. The number of anilines is 1. The van der Waals surface area contributed by atoms with Gasteiger partial charge in [-0.15, -0.1) is 0 Å². The summed E-state index contributed by atoms with van der Waals surface area (Å²) in [6.07, 6.45) is 2.67. The topological polar surface area (TPSA) is 61.9 Å². The van der Waals surface area contributed by atoms with E-state index in [1.807, 2.05) is 48.2 Å². The predicted octanol–water partition coefficient (Wildman–Crippen LogP) is 4.61. The predicted molar refractivity (Wildman–Crippen MR) is 129 cm³/mol. The molecule has 0 spiro atoms. The fourth-order valence-corrected chi connectivity index (χ4v) is 4.33. The molecule has 0 bridgehead atoms. The number of carbonyl (C=O) groups excluding carboxylic acids is 2. The number of benzene rings is 2. The maximum atomic E-state index is 12.9. The number of hydrogen-bond donors (Lipinski definition) is 1. The molecular weight excluding hydrogens is 426 g/mol. The van der Waals surface area contributed by atoms with Gasteiger partial charge in [-0.3, -0.25) is 14.5 Å². The fourth-order valence-electron chi connectivity index (χ4n) is 4.18. The molecule has 7 heteroatoms. The lowest BCUT2D eigenvalue weighted by Gasteiger charge is -2.38. The third-order valence-corrected chi connectivity index (χ3v) is 6.31. The standard InChI is InChI=1S/C25H32ClN3O3/c1-4-12-29(17-24(30)27-22-15-18(2)21(26)16-23(22)32-3)20-10-13-28(14-11-20)25(31)19-8-6-5-7-9-19/h5-9,15-16,20H,4,10-14,17H2,1-3H3,(H,27,30). The van der Waals surface area contributed by atoms with E-state index in [4.69, 9.17) is 16.3 Å². The van der Waals surface area contributed by atoms with Gasteiger partial charge in [0, 0.05) is 35.8 Å². The quantitative estimate of drug-likeness (QED) is 0.628. The van der Waals surface area contributed by atoms with Crippen molar-refractivity contribution in [1.29, 1.82) is 0 Å². The van der Waals surface area contributed by atoms with E-state index in [0.717, 1.165) is 36.9 Å². The van der Waals surface area contributed by atoms with E-state index in [0.29, 0.717) is 36.1 Å². The number of piperidine rings is 1. The molecule has 1 fully saturated rings. The average Bonchev–Trinajstić information content (AvgIpc) is 2.81. The van der Waals surface area contributed by atoms with Crippen LogP contribution in [0.4, 0.5) is 5.69 Å². The minimum Gasteiger partial charge on any atom is -0.495 e. The Bertz CT molecular complexity index is 928. The SMILES string of the molecule is CCCN(CC(=O)Nc1cc(C)c(Cl)cc1OC)C1CCN(C(=O)c2ccccc2)CC1. The summed E-state index contributed by atoms with van der Waals surface area (Å²) in [6, 6.07) is 13.2. The lowest BCUT2D eigenvalue weighted by molar-refractivity contribution is -0.118. The molecule has 2 aromatic rings. The Kier molecular flexibility index (Phi) is 8.53. The number of amides is 2. The van der Waals surface area contributed by atoms with Crippen molar-refractivity contribution in [3.8, 4) is 5.75 Å². The van der Waals surface area contributed by atoms with Crippen molar-refractivity contribution in [2.75, 3.05) is 38.6 Å². The molecule has 3 rings (SSSR count). The fraction of sp³-hybridized carbons (Fsp3) is 0.440. The maximum absolute atomic E-state index is 12.9. The summed E-state index contributed by atoms with van der Waals surface area (Å²) in [5.74, 6) is 0.541. The van der Waals surface area contributed by atoms with Gasteiger partial charge in [-0.25, -0.2) is 0 Å².